The van der Waals surface area contributed by atoms with E-state index < -0.39 is 11.7 Å². The van der Waals surface area contributed by atoms with Crippen LogP contribution in [0.15, 0.2) is 23.8 Å². The summed E-state index contributed by atoms with van der Waals surface area (Å²) in [6.45, 7) is 9.65. The van der Waals surface area contributed by atoms with E-state index in [0.717, 1.165) is 19.3 Å². The Labute approximate surface area is 181 Å². The fraction of sp³-hybridized carbons (Fsp3) is 0.720. The molecule has 0 aromatic carbocycles. The third-order valence-electron chi connectivity index (χ3n) is 5.95. The minimum absolute atomic E-state index is 0.0452. The third-order valence-corrected chi connectivity index (χ3v) is 5.95. The summed E-state index contributed by atoms with van der Waals surface area (Å²) >= 11 is 0. The van der Waals surface area contributed by atoms with Crippen LogP contribution in [0.4, 0.5) is 0 Å². The zero-order chi connectivity index (χ0) is 22.3. The largest absolute Gasteiger partial charge is 0.458 e. The number of carbonyl (C=O) groups is 1. The molecule has 2 N–H and O–H groups in total. The maximum atomic E-state index is 11.7. The minimum atomic E-state index is -0.547. The van der Waals surface area contributed by atoms with Crippen LogP contribution in [0.5, 0.6) is 0 Å². The fourth-order valence-corrected chi connectivity index (χ4v) is 4.45. The van der Waals surface area contributed by atoms with Crippen molar-refractivity contribution in [2.45, 2.75) is 78.1 Å². The maximum absolute atomic E-state index is 11.7. The number of hydrogen-bond donors (Lipinski definition) is 2. The molecule has 5 nitrogen and oxygen atoms in total. The predicted molar refractivity (Wildman–Crippen MR) is 117 cm³/mol. The summed E-state index contributed by atoms with van der Waals surface area (Å²) in [7, 11) is 0. The number of fused-ring (bicyclic) bond motifs is 1. The van der Waals surface area contributed by atoms with E-state index in [1.54, 1.807) is 6.92 Å². The Kier molecular flexibility index (Phi) is 9.15. The maximum Gasteiger partial charge on any atom is 0.332 e. The van der Waals surface area contributed by atoms with Crippen molar-refractivity contribution in [3.05, 3.63) is 23.8 Å². The summed E-state index contributed by atoms with van der Waals surface area (Å²) in [5, 5.41) is 20.8. The van der Waals surface area contributed by atoms with Gasteiger partial charge in [0.15, 0.2) is 0 Å². The van der Waals surface area contributed by atoms with Crippen molar-refractivity contribution < 1.29 is 24.5 Å². The van der Waals surface area contributed by atoms with Gasteiger partial charge in [-0.05, 0) is 64.7 Å². The van der Waals surface area contributed by atoms with Gasteiger partial charge in [-0.3, -0.25) is 0 Å². The van der Waals surface area contributed by atoms with E-state index in [1.807, 2.05) is 39.8 Å². The fourth-order valence-electron chi connectivity index (χ4n) is 4.45. The normalized spacial score (nSPS) is 29.5. The van der Waals surface area contributed by atoms with Crippen molar-refractivity contribution in [2.75, 3.05) is 13.2 Å². The van der Waals surface area contributed by atoms with Crippen LogP contribution in [0, 0.1) is 35.5 Å². The van der Waals surface area contributed by atoms with Crippen molar-refractivity contribution in [3.63, 3.8) is 0 Å². The van der Waals surface area contributed by atoms with Crippen molar-refractivity contribution in [1.29, 1.82) is 0 Å². The van der Waals surface area contributed by atoms with E-state index in [4.69, 9.17) is 9.47 Å². The first-order chi connectivity index (χ1) is 14.1. The molecule has 2 aliphatic rings. The molecular formula is C25H38O5. The predicted octanol–water partition coefficient (Wildman–Crippen LogP) is 3.64. The highest BCUT2D eigenvalue weighted by Crippen LogP contribution is 2.50. The van der Waals surface area contributed by atoms with Crippen LogP contribution >= 0.6 is 0 Å². The molecule has 0 spiro atoms. The van der Waals surface area contributed by atoms with E-state index >= 15 is 0 Å². The summed E-state index contributed by atoms with van der Waals surface area (Å²) in [5.41, 5.74) is 0.826. The molecule has 0 unspecified atom stereocenters. The van der Waals surface area contributed by atoms with Gasteiger partial charge < -0.3 is 19.7 Å². The van der Waals surface area contributed by atoms with Crippen LogP contribution in [-0.2, 0) is 14.3 Å². The molecule has 0 radical (unpaired) electrons. The van der Waals surface area contributed by atoms with Gasteiger partial charge in [-0.15, -0.1) is 11.8 Å². The second-order valence-electron chi connectivity index (χ2n) is 9.66. The number of aliphatic hydroxyl groups is 2. The van der Waals surface area contributed by atoms with E-state index in [9.17, 15) is 15.0 Å². The van der Waals surface area contributed by atoms with E-state index in [2.05, 4.69) is 17.9 Å². The van der Waals surface area contributed by atoms with Crippen molar-refractivity contribution in [1.82, 2.24) is 0 Å². The Morgan fingerprint density at radius 1 is 1.33 bits per heavy atom. The standard InChI is InChI=1S/C25H38O5/c1-6-7-8-17(2)22(26)10-9-20-21-14-18(13-19(21)15-23(20)27)11-12-29-16-24(28)30-25(3,4)5/h9-11,17,19-23,26-27H,8,12-16H2,1-5H3/b10-9+,18-11+/t17-,19-,20+,21-,22+,23+/m0/s1. The lowest BCUT2D eigenvalue weighted by atomic mass is 9.89. The van der Waals surface area contributed by atoms with Gasteiger partial charge in [0.2, 0.25) is 0 Å². The molecule has 6 atom stereocenters. The van der Waals surface area contributed by atoms with Gasteiger partial charge in [0.05, 0.1) is 18.8 Å². The minimum Gasteiger partial charge on any atom is -0.458 e. The lowest BCUT2D eigenvalue weighted by Crippen LogP contribution is -2.26. The zero-order valence-corrected chi connectivity index (χ0v) is 19.1. The number of aliphatic hydroxyl groups excluding tert-OH is 2. The Morgan fingerprint density at radius 3 is 2.73 bits per heavy atom. The van der Waals surface area contributed by atoms with Crippen LogP contribution in [0.3, 0.4) is 0 Å². The number of esters is 1. The number of ether oxygens (including phenoxy) is 2. The molecule has 0 aliphatic heterocycles. The molecule has 2 fully saturated rings. The second kappa shape index (κ2) is 11.1. The van der Waals surface area contributed by atoms with Crippen molar-refractivity contribution in [2.24, 2.45) is 23.7 Å². The molecule has 168 valence electrons. The van der Waals surface area contributed by atoms with Crippen LogP contribution < -0.4 is 0 Å². The Bertz CT molecular complexity index is 691. The monoisotopic (exact) mass is 418 g/mol. The lowest BCUT2D eigenvalue weighted by molar-refractivity contribution is -0.159. The summed E-state index contributed by atoms with van der Waals surface area (Å²) in [4.78, 5) is 11.7. The van der Waals surface area contributed by atoms with Crippen molar-refractivity contribution in [3.8, 4) is 11.8 Å². The highest BCUT2D eigenvalue weighted by Gasteiger charge is 2.45. The average Bonchev–Trinajstić information content (AvgIpc) is 3.16. The second-order valence-corrected chi connectivity index (χ2v) is 9.66. The topological polar surface area (TPSA) is 76.0 Å². The smallest absolute Gasteiger partial charge is 0.332 e. The Hall–Kier alpha value is -1.61. The SMILES string of the molecule is CC#CC[C@H](C)[C@H](O)/C=C/[C@@H]1[C@H]2C/C(=C/COCC(=O)OC(C)(C)C)C[C@H]2C[C@H]1O. The summed E-state index contributed by atoms with van der Waals surface area (Å²) < 4.78 is 10.7. The van der Waals surface area contributed by atoms with Gasteiger partial charge in [0, 0.05) is 12.3 Å². The summed E-state index contributed by atoms with van der Waals surface area (Å²) in [6.07, 6.45) is 8.37. The number of allylic oxidation sites excluding steroid dienone is 1. The van der Waals surface area contributed by atoms with Crippen LogP contribution in [0.25, 0.3) is 0 Å². The van der Waals surface area contributed by atoms with Gasteiger partial charge in [0.1, 0.15) is 12.2 Å². The van der Waals surface area contributed by atoms with Crippen LogP contribution in [-0.4, -0.2) is 47.2 Å². The molecule has 0 amide bonds. The summed E-state index contributed by atoms with van der Waals surface area (Å²) in [6, 6.07) is 0. The molecule has 0 heterocycles. The lowest BCUT2D eigenvalue weighted by Gasteiger charge is -2.19. The first kappa shape index (κ1) is 24.7. The zero-order valence-electron chi connectivity index (χ0n) is 19.1. The van der Waals surface area contributed by atoms with E-state index in [1.165, 1.54) is 5.57 Å². The molecule has 0 aromatic heterocycles. The van der Waals surface area contributed by atoms with E-state index in [0.29, 0.717) is 24.9 Å². The molecule has 2 saturated carbocycles. The number of hydrogen-bond acceptors (Lipinski definition) is 5. The highest BCUT2D eigenvalue weighted by atomic mass is 16.6. The van der Waals surface area contributed by atoms with Gasteiger partial charge in [-0.2, -0.15) is 0 Å². The molecule has 0 bridgehead atoms. The molecule has 30 heavy (non-hydrogen) atoms. The van der Waals surface area contributed by atoms with Crippen LogP contribution in [0.2, 0.25) is 0 Å². The van der Waals surface area contributed by atoms with Crippen molar-refractivity contribution >= 4 is 5.97 Å². The molecule has 0 aromatic rings. The van der Waals surface area contributed by atoms with Gasteiger partial charge >= 0.3 is 5.97 Å². The number of carbonyl (C=O) groups excluding carboxylic acids is 1. The quantitative estimate of drug-likeness (QED) is 0.272. The van der Waals surface area contributed by atoms with E-state index in [-0.39, 0.29) is 30.5 Å². The molecule has 0 saturated heterocycles. The third kappa shape index (κ3) is 7.58. The molecule has 2 aliphatic carbocycles. The molecule has 2 rings (SSSR count). The Morgan fingerprint density at radius 2 is 2.07 bits per heavy atom. The first-order valence-electron chi connectivity index (χ1n) is 11.0. The first-order valence-corrected chi connectivity index (χ1v) is 11.0. The molecular weight excluding hydrogens is 380 g/mol. The van der Waals surface area contributed by atoms with Gasteiger partial charge in [0.25, 0.3) is 0 Å². The highest BCUT2D eigenvalue weighted by molar-refractivity contribution is 5.71. The molecule has 5 heteroatoms. The van der Waals surface area contributed by atoms with Crippen LogP contribution in [0.1, 0.15) is 60.3 Å². The number of rotatable bonds is 8. The van der Waals surface area contributed by atoms with Gasteiger partial charge in [-0.1, -0.05) is 30.7 Å². The average molecular weight is 419 g/mol. The van der Waals surface area contributed by atoms with Gasteiger partial charge in [-0.25, -0.2) is 4.79 Å². The summed E-state index contributed by atoms with van der Waals surface area (Å²) in [5.74, 6) is 6.52. The Balaban J connectivity index is 1.83.